The van der Waals surface area contributed by atoms with Gasteiger partial charge in [-0.3, -0.25) is 9.52 Å². The number of carbonyl (C=O) groups is 1. The van der Waals surface area contributed by atoms with E-state index in [4.69, 9.17) is 11.6 Å². The quantitative estimate of drug-likeness (QED) is 0.375. The summed E-state index contributed by atoms with van der Waals surface area (Å²) in [5, 5.41) is 7.06. The van der Waals surface area contributed by atoms with E-state index in [-0.39, 0.29) is 21.2 Å². The van der Waals surface area contributed by atoms with Gasteiger partial charge in [0.25, 0.3) is 15.9 Å². The number of halogens is 2. The molecule has 34 heavy (non-hydrogen) atoms. The normalized spacial score (nSPS) is 11.2. The fourth-order valence-corrected chi connectivity index (χ4v) is 4.80. The third kappa shape index (κ3) is 5.62. The lowest BCUT2D eigenvalue weighted by Crippen LogP contribution is -2.26. The molecular formula is C24H20ClFN4O3S. The molecule has 0 unspecified atom stereocenters. The third-order valence-corrected chi connectivity index (χ3v) is 6.80. The average molecular weight is 499 g/mol. The van der Waals surface area contributed by atoms with Crippen molar-refractivity contribution in [3.8, 4) is 5.69 Å². The molecule has 0 bridgehead atoms. The zero-order valence-corrected chi connectivity index (χ0v) is 19.4. The topological polar surface area (TPSA) is 93.1 Å². The zero-order chi connectivity index (χ0) is 24.1. The van der Waals surface area contributed by atoms with Crippen LogP contribution in [-0.2, 0) is 16.4 Å². The molecule has 4 rings (SSSR count). The molecule has 3 aromatic carbocycles. The molecular weight excluding hydrogens is 479 g/mol. The van der Waals surface area contributed by atoms with Crippen LogP contribution < -0.4 is 10.0 Å². The Kier molecular flexibility index (Phi) is 6.95. The van der Waals surface area contributed by atoms with E-state index in [0.717, 1.165) is 23.4 Å². The van der Waals surface area contributed by atoms with Gasteiger partial charge in [0.15, 0.2) is 0 Å². The van der Waals surface area contributed by atoms with E-state index in [1.807, 2.05) is 36.5 Å². The molecule has 0 aliphatic rings. The first-order chi connectivity index (χ1) is 16.3. The van der Waals surface area contributed by atoms with Gasteiger partial charge in [0.2, 0.25) is 0 Å². The molecule has 7 nitrogen and oxygen atoms in total. The monoisotopic (exact) mass is 498 g/mol. The van der Waals surface area contributed by atoms with Crippen LogP contribution in [0, 0.1) is 5.82 Å². The van der Waals surface area contributed by atoms with E-state index in [1.54, 1.807) is 10.9 Å². The second-order valence-electron chi connectivity index (χ2n) is 7.39. The molecule has 0 fully saturated rings. The lowest BCUT2D eigenvalue weighted by molar-refractivity contribution is 0.0954. The Morgan fingerprint density at radius 3 is 2.50 bits per heavy atom. The van der Waals surface area contributed by atoms with Gasteiger partial charge in [0, 0.05) is 24.0 Å². The van der Waals surface area contributed by atoms with Crippen molar-refractivity contribution in [2.45, 2.75) is 11.3 Å². The number of rotatable bonds is 8. The summed E-state index contributed by atoms with van der Waals surface area (Å²) >= 11 is 6.09. The molecule has 1 aromatic heterocycles. The van der Waals surface area contributed by atoms with Crippen LogP contribution in [0.15, 0.2) is 90.1 Å². The number of carbonyl (C=O) groups excluding carboxylic acids is 1. The van der Waals surface area contributed by atoms with Crippen molar-refractivity contribution in [2.24, 2.45) is 0 Å². The standard InChI is InChI=1S/C24H20ClFN4O3S/c25-22-11-6-18(14-23(22)34(32,33)29-20-9-7-19(26)8-10-20)24(31)27-13-12-17-15-28-30(16-17)21-4-2-1-3-5-21/h1-11,14-16,29H,12-13H2,(H,27,31). The van der Waals surface area contributed by atoms with Crippen molar-refractivity contribution in [1.29, 1.82) is 0 Å². The minimum absolute atomic E-state index is 0.0421. The molecule has 4 aromatic rings. The molecule has 174 valence electrons. The van der Waals surface area contributed by atoms with Gasteiger partial charge >= 0.3 is 0 Å². The Bertz CT molecular complexity index is 1410. The summed E-state index contributed by atoms with van der Waals surface area (Å²) in [5.74, 6) is -0.933. The molecule has 1 amide bonds. The maximum Gasteiger partial charge on any atom is 0.263 e. The Morgan fingerprint density at radius 2 is 1.76 bits per heavy atom. The van der Waals surface area contributed by atoms with Crippen molar-refractivity contribution in [1.82, 2.24) is 15.1 Å². The van der Waals surface area contributed by atoms with Gasteiger partial charge in [0.05, 0.1) is 16.9 Å². The average Bonchev–Trinajstić information content (AvgIpc) is 3.30. The number of amides is 1. The maximum atomic E-state index is 13.1. The minimum atomic E-state index is -4.10. The molecule has 0 saturated heterocycles. The first-order valence-electron chi connectivity index (χ1n) is 10.3. The summed E-state index contributed by atoms with van der Waals surface area (Å²) in [6.45, 7) is 0.331. The Balaban J connectivity index is 1.40. The minimum Gasteiger partial charge on any atom is -0.352 e. The second-order valence-corrected chi connectivity index (χ2v) is 9.45. The molecule has 0 spiro atoms. The summed E-state index contributed by atoms with van der Waals surface area (Å²) in [6, 6.07) is 18.5. The summed E-state index contributed by atoms with van der Waals surface area (Å²) in [4.78, 5) is 12.4. The first-order valence-corrected chi connectivity index (χ1v) is 12.1. The molecule has 1 heterocycles. The highest BCUT2D eigenvalue weighted by Crippen LogP contribution is 2.25. The number of nitrogens with one attached hydrogen (secondary N) is 2. The second kappa shape index (κ2) is 10.1. The van der Waals surface area contributed by atoms with E-state index in [0.29, 0.717) is 13.0 Å². The fourth-order valence-electron chi connectivity index (χ4n) is 3.21. The van der Waals surface area contributed by atoms with Crippen LogP contribution in [0.2, 0.25) is 5.02 Å². The SMILES string of the molecule is O=C(NCCc1cnn(-c2ccccc2)c1)c1ccc(Cl)c(S(=O)(=O)Nc2ccc(F)cc2)c1. The number of hydrogen-bond acceptors (Lipinski definition) is 4. The lowest BCUT2D eigenvalue weighted by Gasteiger charge is -2.11. The van der Waals surface area contributed by atoms with Gasteiger partial charge in [-0.1, -0.05) is 29.8 Å². The Labute approximate surface area is 201 Å². The van der Waals surface area contributed by atoms with Crippen molar-refractivity contribution >= 4 is 33.2 Å². The van der Waals surface area contributed by atoms with Gasteiger partial charge in [-0.25, -0.2) is 17.5 Å². The highest BCUT2D eigenvalue weighted by molar-refractivity contribution is 7.92. The molecule has 10 heteroatoms. The molecule has 0 atom stereocenters. The number of aromatic nitrogens is 2. The van der Waals surface area contributed by atoms with Crippen LogP contribution in [0.4, 0.5) is 10.1 Å². The number of benzene rings is 3. The number of hydrogen-bond donors (Lipinski definition) is 2. The van der Waals surface area contributed by atoms with Gasteiger partial charge in [-0.2, -0.15) is 5.10 Å². The first kappa shape index (κ1) is 23.5. The van der Waals surface area contributed by atoms with Crippen LogP contribution in [0.1, 0.15) is 15.9 Å². The third-order valence-electron chi connectivity index (χ3n) is 4.94. The van der Waals surface area contributed by atoms with E-state index in [1.165, 1.54) is 30.3 Å². The van der Waals surface area contributed by atoms with E-state index >= 15 is 0 Å². The number of para-hydroxylation sites is 1. The lowest BCUT2D eigenvalue weighted by atomic mass is 10.2. The molecule has 0 radical (unpaired) electrons. The number of sulfonamides is 1. The van der Waals surface area contributed by atoms with Crippen LogP contribution in [0.25, 0.3) is 5.69 Å². The molecule has 0 saturated carbocycles. The summed E-state index contributed by atoms with van der Waals surface area (Å²) in [5.41, 5.74) is 2.18. The summed E-state index contributed by atoms with van der Waals surface area (Å²) < 4.78 is 42.7. The van der Waals surface area contributed by atoms with Crippen LogP contribution in [-0.4, -0.2) is 30.7 Å². The van der Waals surface area contributed by atoms with Gasteiger partial charge in [-0.15, -0.1) is 0 Å². The van der Waals surface area contributed by atoms with Crippen molar-refractivity contribution in [2.75, 3.05) is 11.3 Å². The predicted molar refractivity (Wildman–Crippen MR) is 128 cm³/mol. The largest absolute Gasteiger partial charge is 0.352 e. The summed E-state index contributed by atoms with van der Waals surface area (Å²) in [7, 11) is -4.10. The van der Waals surface area contributed by atoms with E-state index in [2.05, 4.69) is 15.1 Å². The molecule has 0 aliphatic heterocycles. The fraction of sp³-hybridized carbons (Fsp3) is 0.0833. The van der Waals surface area contributed by atoms with Crippen molar-refractivity contribution < 1.29 is 17.6 Å². The Morgan fingerprint density at radius 1 is 1.03 bits per heavy atom. The van der Waals surface area contributed by atoms with Crippen LogP contribution in [0.5, 0.6) is 0 Å². The molecule has 2 N–H and O–H groups in total. The molecule has 0 aliphatic carbocycles. The number of nitrogens with zero attached hydrogens (tertiary/aromatic N) is 2. The van der Waals surface area contributed by atoms with Crippen LogP contribution in [0.3, 0.4) is 0 Å². The maximum absolute atomic E-state index is 13.1. The number of anilines is 1. The van der Waals surface area contributed by atoms with Crippen molar-refractivity contribution in [3.05, 3.63) is 107 Å². The zero-order valence-electron chi connectivity index (χ0n) is 17.8. The highest BCUT2D eigenvalue weighted by Gasteiger charge is 2.20. The Hall–Kier alpha value is -3.69. The van der Waals surface area contributed by atoms with Crippen LogP contribution >= 0.6 is 11.6 Å². The van der Waals surface area contributed by atoms with E-state index < -0.39 is 21.7 Å². The van der Waals surface area contributed by atoms with Gasteiger partial charge in [0.1, 0.15) is 10.7 Å². The van der Waals surface area contributed by atoms with Crippen molar-refractivity contribution in [3.63, 3.8) is 0 Å². The predicted octanol–water partition coefficient (Wildman–Crippen LogP) is 4.44. The van der Waals surface area contributed by atoms with Gasteiger partial charge < -0.3 is 5.32 Å². The smallest absolute Gasteiger partial charge is 0.263 e. The van der Waals surface area contributed by atoms with Gasteiger partial charge in [-0.05, 0) is 66.6 Å². The van der Waals surface area contributed by atoms with E-state index in [9.17, 15) is 17.6 Å². The summed E-state index contributed by atoms with van der Waals surface area (Å²) in [6.07, 6.45) is 4.16. The highest BCUT2D eigenvalue weighted by atomic mass is 35.5.